The van der Waals surface area contributed by atoms with Crippen LogP contribution in [0.5, 0.6) is 0 Å². The standard InChI is InChI=1S/C18H16N2O/c1-20(18(21)15-9-5-11-19-12-15)13-16-8-4-7-14-6-2-3-10-17(14)16/h2-12H,13H2,1H3. The number of hydrogen-bond acceptors (Lipinski definition) is 2. The van der Waals surface area contributed by atoms with E-state index < -0.39 is 0 Å². The molecule has 1 amide bonds. The highest BCUT2D eigenvalue weighted by Gasteiger charge is 2.12. The summed E-state index contributed by atoms with van der Waals surface area (Å²) in [6.45, 7) is 0.578. The van der Waals surface area contributed by atoms with Gasteiger partial charge >= 0.3 is 0 Å². The van der Waals surface area contributed by atoms with Gasteiger partial charge in [-0.05, 0) is 28.5 Å². The molecule has 0 saturated carbocycles. The van der Waals surface area contributed by atoms with Crippen LogP contribution >= 0.6 is 0 Å². The van der Waals surface area contributed by atoms with Gasteiger partial charge < -0.3 is 4.90 Å². The topological polar surface area (TPSA) is 33.2 Å². The van der Waals surface area contributed by atoms with Crippen LogP contribution in [0, 0.1) is 0 Å². The quantitative estimate of drug-likeness (QED) is 0.733. The van der Waals surface area contributed by atoms with E-state index in [0.717, 1.165) is 5.56 Å². The van der Waals surface area contributed by atoms with Gasteiger partial charge in [0.15, 0.2) is 0 Å². The van der Waals surface area contributed by atoms with Gasteiger partial charge in [-0.2, -0.15) is 0 Å². The molecule has 0 bridgehead atoms. The van der Waals surface area contributed by atoms with Crippen molar-refractivity contribution in [3.05, 3.63) is 78.1 Å². The maximum atomic E-state index is 12.4. The first kappa shape index (κ1) is 13.3. The van der Waals surface area contributed by atoms with Crippen LogP contribution in [0.2, 0.25) is 0 Å². The lowest BCUT2D eigenvalue weighted by Gasteiger charge is -2.18. The fourth-order valence-corrected chi connectivity index (χ4v) is 2.47. The molecule has 0 fully saturated rings. The van der Waals surface area contributed by atoms with Crippen molar-refractivity contribution in [2.45, 2.75) is 6.54 Å². The number of amides is 1. The van der Waals surface area contributed by atoms with E-state index in [0.29, 0.717) is 12.1 Å². The van der Waals surface area contributed by atoms with Gasteiger partial charge in [0.1, 0.15) is 0 Å². The SMILES string of the molecule is CN(Cc1cccc2ccccc12)C(=O)c1cccnc1. The molecular formula is C18H16N2O. The van der Waals surface area contributed by atoms with Crippen molar-refractivity contribution in [1.82, 2.24) is 9.88 Å². The van der Waals surface area contributed by atoms with E-state index in [1.54, 1.807) is 29.4 Å². The second kappa shape index (κ2) is 5.75. The largest absolute Gasteiger partial charge is 0.337 e. The molecule has 0 atom stereocenters. The monoisotopic (exact) mass is 276 g/mol. The summed E-state index contributed by atoms with van der Waals surface area (Å²) in [5.74, 6) is -0.0176. The van der Waals surface area contributed by atoms with Crippen molar-refractivity contribution in [2.75, 3.05) is 7.05 Å². The maximum absolute atomic E-state index is 12.4. The first-order valence-corrected chi connectivity index (χ1v) is 6.88. The molecule has 1 heterocycles. The summed E-state index contributed by atoms with van der Waals surface area (Å²) in [7, 11) is 1.82. The van der Waals surface area contributed by atoms with Crippen LogP contribution in [0.4, 0.5) is 0 Å². The molecule has 0 N–H and O–H groups in total. The minimum atomic E-state index is -0.0176. The molecule has 1 aromatic heterocycles. The molecule has 3 aromatic rings. The molecule has 2 aromatic carbocycles. The molecule has 0 aliphatic rings. The predicted octanol–water partition coefficient (Wildman–Crippen LogP) is 3.51. The Morgan fingerprint density at radius 2 is 1.86 bits per heavy atom. The Kier molecular flexibility index (Phi) is 3.65. The number of carbonyl (C=O) groups excluding carboxylic acids is 1. The first-order valence-electron chi connectivity index (χ1n) is 6.88. The zero-order valence-corrected chi connectivity index (χ0v) is 11.9. The number of benzene rings is 2. The van der Waals surface area contributed by atoms with Crippen LogP contribution < -0.4 is 0 Å². The van der Waals surface area contributed by atoms with Crippen molar-refractivity contribution >= 4 is 16.7 Å². The Labute approximate surface area is 123 Å². The van der Waals surface area contributed by atoms with Crippen LogP contribution in [-0.2, 0) is 6.54 Å². The normalized spacial score (nSPS) is 10.5. The molecule has 0 spiro atoms. The van der Waals surface area contributed by atoms with Crippen LogP contribution in [0.15, 0.2) is 67.0 Å². The summed E-state index contributed by atoms with van der Waals surface area (Å²) in [4.78, 5) is 18.1. The summed E-state index contributed by atoms with van der Waals surface area (Å²) in [5, 5.41) is 2.38. The highest BCUT2D eigenvalue weighted by atomic mass is 16.2. The molecule has 21 heavy (non-hydrogen) atoms. The smallest absolute Gasteiger partial charge is 0.255 e. The zero-order valence-electron chi connectivity index (χ0n) is 11.9. The Morgan fingerprint density at radius 1 is 1.05 bits per heavy atom. The van der Waals surface area contributed by atoms with Crippen molar-refractivity contribution in [2.24, 2.45) is 0 Å². The van der Waals surface area contributed by atoms with E-state index in [4.69, 9.17) is 0 Å². The van der Waals surface area contributed by atoms with Gasteiger partial charge in [-0.1, -0.05) is 42.5 Å². The highest BCUT2D eigenvalue weighted by Crippen LogP contribution is 2.20. The number of pyridine rings is 1. The Bertz CT molecular complexity index is 763. The fraction of sp³-hybridized carbons (Fsp3) is 0.111. The van der Waals surface area contributed by atoms with Crippen molar-refractivity contribution < 1.29 is 4.79 Å². The van der Waals surface area contributed by atoms with Crippen LogP contribution in [-0.4, -0.2) is 22.8 Å². The van der Waals surface area contributed by atoms with E-state index in [1.807, 2.05) is 25.2 Å². The number of aromatic nitrogens is 1. The lowest BCUT2D eigenvalue weighted by atomic mass is 10.0. The molecule has 104 valence electrons. The van der Waals surface area contributed by atoms with Crippen molar-refractivity contribution in [3.8, 4) is 0 Å². The van der Waals surface area contributed by atoms with Crippen LogP contribution in [0.1, 0.15) is 15.9 Å². The molecule has 0 aliphatic carbocycles. The number of rotatable bonds is 3. The Hall–Kier alpha value is -2.68. The predicted molar refractivity (Wildman–Crippen MR) is 84.0 cm³/mol. The molecule has 0 radical (unpaired) electrons. The number of hydrogen-bond donors (Lipinski definition) is 0. The summed E-state index contributed by atoms with van der Waals surface area (Å²) in [6.07, 6.45) is 3.27. The summed E-state index contributed by atoms with van der Waals surface area (Å²) >= 11 is 0. The van der Waals surface area contributed by atoms with Gasteiger partial charge in [-0.3, -0.25) is 9.78 Å². The first-order chi connectivity index (χ1) is 10.3. The van der Waals surface area contributed by atoms with E-state index in [1.165, 1.54) is 10.8 Å². The summed E-state index contributed by atoms with van der Waals surface area (Å²) in [6, 6.07) is 18.0. The van der Waals surface area contributed by atoms with Crippen LogP contribution in [0.3, 0.4) is 0 Å². The molecule has 0 saturated heterocycles. The number of nitrogens with zero attached hydrogens (tertiary/aromatic N) is 2. The Morgan fingerprint density at radius 3 is 2.67 bits per heavy atom. The average molecular weight is 276 g/mol. The number of fused-ring (bicyclic) bond motifs is 1. The average Bonchev–Trinajstić information content (AvgIpc) is 2.55. The molecule has 3 nitrogen and oxygen atoms in total. The highest BCUT2D eigenvalue weighted by molar-refractivity contribution is 5.94. The lowest BCUT2D eigenvalue weighted by Crippen LogP contribution is -2.26. The third-order valence-corrected chi connectivity index (χ3v) is 3.54. The van der Waals surface area contributed by atoms with Gasteiger partial charge in [0.05, 0.1) is 5.56 Å². The van der Waals surface area contributed by atoms with E-state index in [9.17, 15) is 4.79 Å². The minimum Gasteiger partial charge on any atom is -0.337 e. The third-order valence-electron chi connectivity index (χ3n) is 3.54. The fourth-order valence-electron chi connectivity index (χ4n) is 2.47. The molecule has 0 aliphatic heterocycles. The summed E-state index contributed by atoms with van der Waals surface area (Å²) < 4.78 is 0. The van der Waals surface area contributed by atoms with E-state index in [2.05, 4.69) is 29.2 Å². The summed E-state index contributed by atoms with van der Waals surface area (Å²) in [5.41, 5.74) is 1.76. The van der Waals surface area contributed by atoms with Gasteiger partial charge in [0.2, 0.25) is 0 Å². The van der Waals surface area contributed by atoms with Gasteiger partial charge in [-0.25, -0.2) is 0 Å². The third kappa shape index (κ3) is 2.77. The number of carbonyl (C=O) groups is 1. The zero-order chi connectivity index (χ0) is 14.7. The molecular weight excluding hydrogens is 260 g/mol. The van der Waals surface area contributed by atoms with Gasteiger partial charge in [0.25, 0.3) is 5.91 Å². The molecule has 3 heteroatoms. The van der Waals surface area contributed by atoms with E-state index >= 15 is 0 Å². The van der Waals surface area contributed by atoms with Crippen molar-refractivity contribution in [3.63, 3.8) is 0 Å². The minimum absolute atomic E-state index is 0.0176. The van der Waals surface area contributed by atoms with Gasteiger partial charge in [0, 0.05) is 26.0 Å². The second-order valence-electron chi connectivity index (χ2n) is 5.04. The maximum Gasteiger partial charge on any atom is 0.255 e. The Balaban J connectivity index is 1.87. The second-order valence-corrected chi connectivity index (χ2v) is 5.04. The lowest BCUT2D eigenvalue weighted by molar-refractivity contribution is 0.0785. The van der Waals surface area contributed by atoms with Crippen LogP contribution in [0.25, 0.3) is 10.8 Å². The van der Waals surface area contributed by atoms with E-state index in [-0.39, 0.29) is 5.91 Å². The van der Waals surface area contributed by atoms with Gasteiger partial charge in [-0.15, -0.1) is 0 Å². The molecule has 3 rings (SSSR count). The molecule has 0 unspecified atom stereocenters. The van der Waals surface area contributed by atoms with Crippen molar-refractivity contribution in [1.29, 1.82) is 0 Å².